The van der Waals surface area contributed by atoms with Crippen LogP contribution in [0.1, 0.15) is 103 Å². The van der Waals surface area contributed by atoms with Gasteiger partial charge in [-0.05, 0) is 158 Å². The van der Waals surface area contributed by atoms with Gasteiger partial charge < -0.3 is 4.74 Å². The van der Waals surface area contributed by atoms with Crippen molar-refractivity contribution in [1.82, 2.24) is 14.1 Å². The van der Waals surface area contributed by atoms with Crippen molar-refractivity contribution < 1.29 is 18.1 Å². The Bertz CT molecular complexity index is 3870. The number of halogens is 2. The summed E-state index contributed by atoms with van der Waals surface area (Å²) >= 11 is 0. The number of nitrogens with zero attached hydrogens (tertiary/aromatic N) is 4. The van der Waals surface area contributed by atoms with E-state index in [1.807, 2.05) is 30.5 Å². The maximum absolute atomic E-state index is 14.7. The molecule has 11 aromatic rings. The van der Waals surface area contributed by atoms with E-state index in [4.69, 9.17) is 9.72 Å². The van der Waals surface area contributed by atoms with E-state index in [1.165, 1.54) is 46.5 Å². The highest BCUT2D eigenvalue weighted by molar-refractivity contribution is 6.09. The second kappa shape index (κ2) is 19.0. The van der Waals surface area contributed by atoms with Crippen LogP contribution >= 0.6 is 0 Å². The minimum absolute atomic E-state index is 0.0615. The van der Waals surface area contributed by atoms with Crippen molar-refractivity contribution in [2.75, 3.05) is 0 Å². The van der Waals surface area contributed by atoms with E-state index in [9.17, 15) is 8.78 Å². The van der Waals surface area contributed by atoms with Crippen molar-refractivity contribution in [3.63, 3.8) is 0 Å². The normalized spacial score (nSPS) is 12.2. The number of rotatable bonds is 10. The molecule has 0 aliphatic carbocycles. The summed E-state index contributed by atoms with van der Waals surface area (Å²) in [5.41, 5.74) is 16.1. The van der Waals surface area contributed by atoms with Gasteiger partial charge in [0.05, 0.1) is 11.0 Å². The van der Waals surface area contributed by atoms with Gasteiger partial charge in [-0.3, -0.25) is 4.57 Å². The predicted octanol–water partition coefficient (Wildman–Crippen LogP) is 18.3. The van der Waals surface area contributed by atoms with Crippen molar-refractivity contribution >= 4 is 32.8 Å². The molecule has 8 aromatic carbocycles. The van der Waals surface area contributed by atoms with Crippen LogP contribution in [0.2, 0.25) is 0 Å². The Morgan fingerprint density at radius 2 is 1.09 bits per heavy atom. The van der Waals surface area contributed by atoms with Gasteiger partial charge in [-0.15, -0.1) is 0 Å². The summed E-state index contributed by atoms with van der Waals surface area (Å²) in [7, 11) is 0. The molecule has 0 spiro atoms. The molecular weight excluding hydrogens is 927 g/mol. The summed E-state index contributed by atoms with van der Waals surface area (Å²) in [4.78, 5) is 4.95. The Hall–Kier alpha value is -8.16. The van der Waals surface area contributed by atoms with Crippen molar-refractivity contribution in [2.45, 2.75) is 91.9 Å². The molecule has 11 rings (SSSR count). The Morgan fingerprint density at radius 3 is 1.71 bits per heavy atom. The molecular formula is C68H63F2N4O+. The lowest BCUT2D eigenvalue weighted by molar-refractivity contribution is -0.566. The molecule has 7 heteroatoms. The van der Waals surface area contributed by atoms with E-state index in [2.05, 4.69) is 217 Å². The Morgan fingerprint density at radius 1 is 0.507 bits per heavy atom. The van der Waals surface area contributed by atoms with Crippen LogP contribution < -0.4 is 9.30 Å². The second-order valence-corrected chi connectivity index (χ2v) is 22.7. The molecule has 0 saturated heterocycles. The van der Waals surface area contributed by atoms with Gasteiger partial charge in [-0.1, -0.05) is 142 Å². The fraction of sp³-hybridized carbons (Fsp3) is 0.206. The standard InChI is InChI=1S/C68H63F2N4O/c1-42(2)54-17-15-18-55(43(3)4)65(54)46-34-51(39-53(35-46)75-52-30-31-57-56-16-11-12-19-60(56)74(63(57)40-52)64-38-47(32-33-71-64)67(5,6)7)72-41-73(62-21-14-13-20-61(62)72)66-58(44-22-26-49(69)27-23-44)36-48(68(8,9)10)37-59(66)45-24-28-50(70)29-25-45/h11-43H,1-10H3/q+1. The van der Waals surface area contributed by atoms with Crippen LogP contribution in [0.15, 0.2) is 188 Å². The Balaban J connectivity index is 1.16. The van der Waals surface area contributed by atoms with Gasteiger partial charge in [-0.2, -0.15) is 9.13 Å². The third-order valence-corrected chi connectivity index (χ3v) is 14.7. The molecule has 3 heterocycles. The van der Waals surface area contributed by atoms with Gasteiger partial charge in [-0.25, -0.2) is 13.8 Å². The van der Waals surface area contributed by atoms with Crippen LogP contribution in [0.4, 0.5) is 8.78 Å². The lowest BCUT2D eigenvalue weighted by Gasteiger charge is -2.23. The number of pyridine rings is 1. The Labute approximate surface area is 439 Å². The first-order valence-corrected chi connectivity index (χ1v) is 26.1. The topological polar surface area (TPSA) is 35.9 Å². The maximum Gasteiger partial charge on any atom is 0.255 e. The van der Waals surface area contributed by atoms with E-state index in [0.29, 0.717) is 11.5 Å². The smallest absolute Gasteiger partial charge is 0.255 e. The lowest BCUT2D eigenvalue weighted by Crippen LogP contribution is -2.31. The zero-order valence-corrected chi connectivity index (χ0v) is 44.5. The number of aromatic nitrogens is 4. The summed E-state index contributed by atoms with van der Waals surface area (Å²) in [6, 6.07) is 58.8. The summed E-state index contributed by atoms with van der Waals surface area (Å²) in [6.45, 7) is 22.3. The van der Waals surface area contributed by atoms with Crippen LogP contribution in [0, 0.1) is 11.6 Å². The largest absolute Gasteiger partial charge is 0.457 e. The molecule has 0 fully saturated rings. The first-order valence-electron chi connectivity index (χ1n) is 26.1. The molecule has 0 atom stereocenters. The first kappa shape index (κ1) is 49.1. The van der Waals surface area contributed by atoms with E-state index in [0.717, 1.165) is 83.4 Å². The van der Waals surface area contributed by atoms with E-state index < -0.39 is 0 Å². The fourth-order valence-corrected chi connectivity index (χ4v) is 10.7. The van der Waals surface area contributed by atoms with Crippen molar-refractivity contribution in [3.05, 3.63) is 222 Å². The zero-order valence-electron chi connectivity index (χ0n) is 44.5. The third-order valence-electron chi connectivity index (χ3n) is 14.7. The molecule has 5 nitrogen and oxygen atoms in total. The van der Waals surface area contributed by atoms with E-state index >= 15 is 0 Å². The quantitative estimate of drug-likeness (QED) is 0.128. The first-order chi connectivity index (χ1) is 35.9. The van der Waals surface area contributed by atoms with Gasteiger partial charge in [0.15, 0.2) is 11.0 Å². The maximum atomic E-state index is 14.7. The van der Waals surface area contributed by atoms with E-state index in [-0.39, 0.29) is 34.3 Å². The number of hydrogen-bond acceptors (Lipinski definition) is 2. The van der Waals surface area contributed by atoms with Crippen molar-refractivity contribution in [3.8, 4) is 62.1 Å². The lowest BCUT2D eigenvalue weighted by atomic mass is 9.82. The molecule has 0 bridgehead atoms. The van der Waals surface area contributed by atoms with E-state index in [1.54, 1.807) is 0 Å². The average Bonchev–Trinajstić information content (AvgIpc) is 3.98. The number of ether oxygens (including phenoxy) is 1. The number of hydrogen-bond donors (Lipinski definition) is 0. The van der Waals surface area contributed by atoms with Crippen LogP contribution in [0.3, 0.4) is 0 Å². The highest BCUT2D eigenvalue weighted by Gasteiger charge is 2.29. The molecule has 0 N–H and O–H groups in total. The summed E-state index contributed by atoms with van der Waals surface area (Å²) in [6.07, 6.45) is 4.06. The highest BCUT2D eigenvalue weighted by Crippen LogP contribution is 2.43. The molecule has 0 amide bonds. The molecule has 0 aliphatic rings. The number of para-hydroxylation sites is 3. The second-order valence-electron chi connectivity index (χ2n) is 22.7. The fourth-order valence-electron chi connectivity index (χ4n) is 10.7. The predicted molar refractivity (Wildman–Crippen MR) is 305 cm³/mol. The minimum atomic E-state index is -0.307. The molecule has 0 aliphatic heterocycles. The number of imidazole rings is 1. The van der Waals surface area contributed by atoms with Crippen LogP contribution in [0.25, 0.3) is 83.4 Å². The molecule has 3 aromatic heterocycles. The summed E-state index contributed by atoms with van der Waals surface area (Å²) < 4.78 is 43.4. The van der Waals surface area contributed by atoms with Gasteiger partial charge in [0.1, 0.15) is 40.3 Å². The number of fused-ring (bicyclic) bond motifs is 4. The summed E-state index contributed by atoms with van der Waals surface area (Å²) in [5.74, 6) is 2.12. The zero-order chi connectivity index (χ0) is 52.5. The average molecular weight is 990 g/mol. The monoisotopic (exact) mass is 989 g/mol. The minimum Gasteiger partial charge on any atom is -0.457 e. The third kappa shape index (κ3) is 9.19. The SMILES string of the molecule is CC(C)c1cccc(C(C)C)c1-c1cc(Oc2ccc3c4ccccc4n(-c4cc(C(C)(C)C)ccn4)c3c2)cc(-n2c[n+](-c3c(-c4ccc(F)cc4)cc(C(C)(C)C)cc3-c3ccc(F)cc3)c3ccccc32)c1. The Kier molecular flexibility index (Phi) is 12.4. The molecule has 75 heavy (non-hydrogen) atoms. The molecule has 374 valence electrons. The summed E-state index contributed by atoms with van der Waals surface area (Å²) in [5, 5.41) is 2.26. The van der Waals surface area contributed by atoms with Gasteiger partial charge in [0, 0.05) is 40.2 Å². The van der Waals surface area contributed by atoms with Crippen molar-refractivity contribution in [2.24, 2.45) is 0 Å². The van der Waals surface area contributed by atoms with Gasteiger partial charge in [0.2, 0.25) is 0 Å². The van der Waals surface area contributed by atoms with Crippen LogP contribution in [-0.2, 0) is 10.8 Å². The number of benzene rings is 8. The van der Waals surface area contributed by atoms with Crippen molar-refractivity contribution in [1.29, 1.82) is 0 Å². The van der Waals surface area contributed by atoms with Gasteiger partial charge in [0.25, 0.3) is 6.33 Å². The molecule has 0 saturated carbocycles. The van der Waals surface area contributed by atoms with Crippen LogP contribution in [0.5, 0.6) is 11.5 Å². The van der Waals surface area contributed by atoms with Gasteiger partial charge >= 0.3 is 0 Å². The van der Waals surface area contributed by atoms with Crippen LogP contribution in [-0.4, -0.2) is 14.1 Å². The highest BCUT2D eigenvalue weighted by atomic mass is 19.1. The molecule has 0 radical (unpaired) electrons. The molecule has 0 unspecified atom stereocenters.